The molecule has 1 aromatic carbocycles. The van der Waals surface area contributed by atoms with Gasteiger partial charge in [0.15, 0.2) is 0 Å². The van der Waals surface area contributed by atoms with Crippen molar-refractivity contribution in [2.45, 2.75) is 19.8 Å². The molecule has 17 heavy (non-hydrogen) atoms. The fraction of sp³-hybridized carbons (Fsp3) is 0.462. The first-order valence-electron chi connectivity index (χ1n) is 5.84. The Hall–Kier alpha value is -1.03. The summed E-state index contributed by atoms with van der Waals surface area (Å²) in [4.78, 5) is 14.0. The van der Waals surface area contributed by atoms with Gasteiger partial charge in [-0.15, -0.1) is 0 Å². The summed E-state index contributed by atoms with van der Waals surface area (Å²) in [5, 5.41) is 10.4. The van der Waals surface area contributed by atoms with E-state index < -0.39 is 0 Å². The summed E-state index contributed by atoms with van der Waals surface area (Å²) in [7, 11) is 0. The number of nitrogens with zero attached hydrogens (tertiary/aromatic N) is 1. The maximum atomic E-state index is 12.2. The zero-order valence-corrected chi connectivity index (χ0v) is 11.6. The first-order valence-corrected chi connectivity index (χ1v) is 6.96. The molecule has 0 aliphatic carbocycles. The van der Waals surface area contributed by atoms with Gasteiger partial charge < -0.3 is 10.0 Å². The second-order valence-electron chi connectivity index (χ2n) is 3.85. The molecule has 4 heteroatoms. The predicted molar refractivity (Wildman–Crippen MR) is 72.7 cm³/mol. The minimum atomic E-state index is -0.101. The number of carbonyl (C=O) groups excluding carboxylic acids is 1. The molecular formula is C13H18BrNO2. The molecular weight excluding hydrogens is 282 g/mol. The fourth-order valence-electron chi connectivity index (χ4n) is 1.59. The van der Waals surface area contributed by atoms with Gasteiger partial charge in [-0.25, -0.2) is 0 Å². The zero-order chi connectivity index (χ0) is 12.7. The lowest BCUT2D eigenvalue weighted by molar-refractivity contribution is 0.0761. The van der Waals surface area contributed by atoms with Crippen LogP contribution in [-0.4, -0.2) is 34.3 Å². The van der Waals surface area contributed by atoms with Crippen molar-refractivity contribution in [2.75, 3.05) is 18.4 Å². The Kier molecular flexibility index (Phi) is 6.05. The summed E-state index contributed by atoms with van der Waals surface area (Å²) < 4.78 is 0. The molecule has 0 saturated heterocycles. The molecule has 0 spiro atoms. The molecule has 0 fully saturated rings. The maximum absolute atomic E-state index is 12.2. The maximum Gasteiger partial charge on any atom is 0.257 e. The van der Waals surface area contributed by atoms with E-state index in [1.54, 1.807) is 29.2 Å². The highest BCUT2D eigenvalue weighted by atomic mass is 79.9. The van der Waals surface area contributed by atoms with Crippen LogP contribution >= 0.6 is 15.9 Å². The van der Waals surface area contributed by atoms with Crippen LogP contribution in [0, 0.1) is 0 Å². The lowest BCUT2D eigenvalue weighted by atomic mass is 10.1. The first kappa shape index (κ1) is 14.0. The Labute approximate surface area is 111 Å². The third kappa shape index (κ3) is 4.04. The number of rotatable bonds is 6. The Balaban J connectivity index is 2.80. The van der Waals surface area contributed by atoms with Crippen molar-refractivity contribution in [2.24, 2.45) is 0 Å². The third-order valence-electron chi connectivity index (χ3n) is 2.56. The van der Waals surface area contributed by atoms with Crippen LogP contribution in [0.3, 0.4) is 0 Å². The number of amides is 1. The third-order valence-corrected chi connectivity index (χ3v) is 2.91. The highest BCUT2D eigenvalue weighted by Gasteiger charge is 2.17. The summed E-state index contributed by atoms with van der Waals surface area (Å²) in [5.74, 6) is -0.0513. The SMILES string of the molecule is CCCCN(CCBr)C(=O)c1ccccc1O. The van der Waals surface area contributed by atoms with Gasteiger partial charge in [-0.05, 0) is 18.6 Å². The van der Waals surface area contributed by atoms with Gasteiger partial charge in [0.1, 0.15) is 5.75 Å². The van der Waals surface area contributed by atoms with E-state index in [1.165, 1.54) is 0 Å². The second kappa shape index (κ2) is 7.33. The van der Waals surface area contributed by atoms with Gasteiger partial charge in [-0.1, -0.05) is 41.4 Å². The van der Waals surface area contributed by atoms with Crippen molar-refractivity contribution in [3.05, 3.63) is 29.8 Å². The molecule has 0 unspecified atom stereocenters. The molecule has 0 aliphatic rings. The number of para-hydroxylation sites is 1. The number of aromatic hydroxyl groups is 1. The topological polar surface area (TPSA) is 40.5 Å². The molecule has 1 aromatic rings. The Morgan fingerprint density at radius 1 is 1.35 bits per heavy atom. The molecule has 0 aliphatic heterocycles. The number of benzene rings is 1. The minimum Gasteiger partial charge on any atom is -0.507 e. The van der Waals surface area contributed by atoms with Crippen LogP contribution in [-0.2, 0) is 0 Å². The summed E-state index contributed by atoms with van der Waals surface area (Å²) in [6, 6.07) is 6.68. The van der Waals surface area contributed by atoms with Crippen molar-refractivity contribution >= 4 is 21.8 Å². The second-order valence-corrected chi connectivity index (χ2v) is 4.64. The molecule has 0 saturated carbocycles. The lowest BCUT2D eigenvalue weighted by Gasteiger charge is -2.22. The molecule has 0 heterocycles. The van der Waals surface area contributed by atoms with Crippen LogP contribution in [0.4, 0.5) is 0 Å². The van der Waals surface area contributed by atoms with Gasteiger partial charge in [-0.3, -0.25) is 4.79 Å². The van der Waals surface area contributed by atoms with Gasteiger partial charge in [0.2, 0.25) is 0 Å². The number of unbranched alkanes of at least 4 members (excludes halogenated alkanes) is 1. The number of phenolic OH excluding ortho intramolecular Hbond substituents is 1. The standard InChI is InChI=1S/C13H18BrNO2/c1-2-3-9-15(10-8-14)13(17)11-6-4-5-7-12(11)16/h4-7,16H,2-3,8-10H2,1H3. The molecule has 0 atom stereocenters. The van der Waals surface area contributed by atoms with Crippen molar-refractivity contribution < 1.29 is 9.90 Å². The van der Waals surface area contributed by atoms with E-state index >= 15 is 0 Å². The molecule has 1 amide bonds. The van der Waals surface area contributed by atoms with Crippen molar-refractivity contribution in [3.63, 3.8) is 0 Å². The van der Waals surface area contributed by atoms with Crippen LogP contribution in [0.25, 0.3) is 0 Å². The van der Waals surface area contributed by atoms with E-state index in [-0.39, 0.29) is 11.7 Å². The van der Waals surface area contributed by atoms with Crippen LogP contribution in [0.1, 0.15) is 30.1 Å². The summed E-state index contributed by atoms with van der Waals surface area (Å²) in [6.45, 7) is 3.49. The highest BCUT2D eigenvalue weighted by Crippen LogP contribution is 2.18. The first-order chi connectivity index (χ1) is 8.20. The average molecular weight is 300 g/mol. The van der Waals surface area contributed by atoms with Crippen LogP contribution < -0.4 is 0 Å². The summed E-state index contributed by atoms with van der Waals surface area (Å²) >= 11 is 3.34. The fourth-order valence-corrected chi connectivity index (χ4v) is 2.02. The van der Waals surface area contributed by atoms with E-state index in [1.807, 2.05) is 0 Å². The number of halogens is 1. The lowest BCUT2D eigenvalue weighted by Crippen LogP contribution is -2.33. The molecule has 1 N–H and O–H groups in total. The van der Waals surface area contributed by atoms with E-state index in [9.17, 15) is 9.90 Å². The Bertz CT molecular complexity index is 368. The minimum absolute atomic E-state index is 0.0496. The van der Waals surface area contributed by atoms with Crippen molar-refractivity contribution in [1.82, 2.24) is 4.90 Å². The summed E-state index contributed by atoms with van der Waals surface area (Å²) in [5.41, 5.74) is 0.379. The smallest absolute Gasteiger partial charge is 0.257 e. The quantitative estimate of drug-likeness (QED) is 0.820. The highest BCUT2D eigenvalue weighted by molar-refractivity contribution is 9.09. The number of carbonyl (C=O) groups is 1. The zero-order valence-electron chi connectivity index (χ0n) is 10.0. The largest absolute Gasteiger partial charge is 0.507 e. The van der Waals surface area contributed by atoms with Gasteiger partial charge in [0.05, 0.1) is 5.56 Å². The summed E-state index contributed by atoms with van der Waals surface area (Å²) in [6.07, 6.45) is 2.03. The van der Waals surface area contributed by atoms with E-state index in [2.05, 4.69) is 22.9 Å². The van der Waals surface area contributed by atoms with E-state index in [0.717, 1.165) is 24.7 Å². The normalized spacial score (nSPS) is 10.2. The molecule has 3 nitrogen and oxygen atoms in total. The van der Waals surface area contributed by atoms with Gasteiger partial charge >= 0.3 is 0 Å². The monoisotopic (exact) mass is 299 g/mol. The van der Waals surface area contributed by atoms with Crippen LogP contribution in [0.5, 0.6) is 5.75 Å². The Morgan fingerprint density at radius 2 is 2.06 bits per heavy atom. The molecule has 0 aromatic heterocycles. The molecule has 1 rings (SSSR count). The molecule has 94 valence electrons. The Morgan fingerprint density at radius 3 is 2.65 bits per heavy atom. The van der Waals surface area contributed by atoms with Crippen molar-refractivity contribution in [1.29, 1.82) is 0 Å². The average Bonchev–Trinajstić information content (AvgIpc) is 2.34. The number of alkyl halides is 1. The van der Waals surface area contributed by atoms with Gasteiger partial charge in [0.25, 0.3) is 5.91 Å². The van der Waals surface area contributed by atoms with Gasteiger partial charge in [-0.2, -0.15) is 0 Å². The van der Waals surface area contributed by atoms with E-state index in [0.29, 0.717) is 12.1 Å². The van der Waals surface area contributed by atoms with Gasteiger partial charge in [0, 0.05) is 18.4 Å². The number of hydrogen-bond acceptors (Lipinski definition) is 2. The number of hydrogen-bond donors (Lipinski definition) is 1. The van der Waals surface area contributed by atoms with E-state index in [4.69, 9.17) is 0 Å². The number of phenols is 1. The predicted octanol–water partition coefficient (Wildman–Crippen LogP) is 3.03. The van der Waals surface area contributed by atoms with Crippen molar-refractivity contribution in [3.8, 4) is 5.75 Å². The molecule has 0 bridgehead atoms. The van der Waals surface area contributed by atoms with Crippen LogP contribution in [0.15, 0.2) is 24.3 Å². The van der Waals surface area contributed by atoms with Crippen LogP contribution in [0.2, 0.25) is 0 Å². The molecule has 0 radical (unpaired) electrons.